The van der Waals surface area contributed by atoms with Crippen LogP contribution in [0, 0.1) is 5.41 Å². The molecule has 0 N–H and O–H groups in total. The second-order valence-corrected chi connectivity index (χ2v) is 10.2. The first-order valence-corrected chi connectivity index (χ1v) is 11.3. The molecule has 7 heteroatoms. The van der Waals surface area contributed by atoms with Crippen molar-refractivity contribution in [2.24, 2.45) is 15.4 Å². The molecule has 0 saturated heterocycles. The number of hydrogen-bond donors (Lipinski definition) is 0. The first kappa shape index (κ1) is 26.1. The summed E-state index contributed by atoms with van der Waals surface area (Å²) in [4.78, 5) is 10.1. The maximum absolute atomic E-state index is 6.46. The van der Waals surface area contributed by atoms with E-state index in [1.54, 1.807) is 14.2 Å². The maximum Gasteiger partial charge on any atom is 2.00 e. The van der Waals surface area contributed by atoms with Gasteiger partial charge in [0.1, 0.15) is 40.2 Å². The molecule has 2 heterocycles. The summed E-state index contributed by atoms with van der Waals surface area (Å²) in [6, 6.07) is 15.5. The number of para-hydroxylation sites is 2. The van der Waals surface area contributed by atoms with Crippen molar-refractivity contribution in [3.8, 4) is 11.5 Å². The summed E-state index contributed by atoms with van der Waals surface area (Å²) < 4.78 is 24.1. The van der Waals surface area contributed by atoms with Crippen LogP contribution in [0.15, 0.2) is 58.5 Å². The van der Waals surface area contributed by atoms with Crippen molar-refractivity contribution in [2.45, 2.75) is 64.8 Å². The van der Waals surface area contributed by atoms with Gasteiger partial charge in [0.05, 0.1) is 14.2 Å². The monoisotopic (exact) mass is 513 g/mol. The zero-order valence-electron chi connectivity index (χ0n) is 21.1. The van der Waals surface area contributed by atoms with Gasteiger partial charge in [-0.05, 0) is 53.7 Å². The van der Waals surface area contributed by atoms with E-state index in [-0.39, 0.29) is 29.2 Å². The Hall–Kier alpha value is -2.50. The van der Waals surface area contributed by atoms with E-state index in [9.17, 15) is 0 Å². The van der Waals surface area contributed by atoms with Crippen LogP contribution in [0.3, 0.4) is 0 Å². The van der Waals surface area contributed by atoms with Gasteiger partial charge >= 0.3 is 17.1 Å². The smallest absolute Gasteiger partial charge is 0.496 e. The molecule has 2 aromatic carbocycles. The van der Waals surface area contributed by atoms with Gasteiger partial charge in [-0.25, -0.2) is 9.98 Å². The molecule has 6 nitrogen and oxygen atoms in total. The van der Waals surface area contributed by atoms with Crippen molar-refractivity contribution in [3.63, 3.8) is 0 Å². The number of methoxy groups -OCH3 is 2. The molecule has 0 aliphatic carbocycles. The van der Waals surface area contributed by atoms with E-state index in [0.29, 0.717) is 11.8 Å². The van der Waals surface area contributed by atoms with Crippen LogP contribution in [0.5, 0.6) is 11.5 Å². The van der Waals surface area contributed by atoms with Crippen molar-refractivity contribution in [1.29, 1.82) is 0 Å². The summed E-state index contributed by atoms with van der Waals surface area (Å²) in [5.41, 5.74) is 0.257. The molecule has 2 aliphatic rings. The molecule has 0 spiro atoms. The van der Waals surface area contributed by atoms with Crippen molar-refractivity contribution in [2.75, 3.05) is 14.2 Å². The van der Waals surface area contributed by atoms with Crippen molar-refractivity contribution in [3.05, 3.63) is 59.7 Å². The fourth-order valence-electron chi connectivity index (χ4n) is 4.55. The van der Waals surface area contributed by atoms with Crippen LogP contribution in [0.4, 0.5) is 0 Å². The molecular formula is C27H34CuN2O4+2. The fraction of sp³-hybridized carbons (Fsp3) is 0.481. The Balaban J connectivity index is 0.00000324. The first-order valence-electron chi connectivity index (χ1n) is 11.3. The van der Waals surface area contributed by atoms with Crippen LogP contribution in [0.25, 0.3) is 0 Å². The Labute approximate surface area is 213 Å². The van der Waals surface area contributed by atoms with Crippen LogP contribution in [-0.4, -0.2) is 37.2 Å². The van der Waals surface area contributed by atoms with Gasteiger partial charge in [0, 0.05) is 11.1 Å². The molecule has 0 amide bonds. The maximum atomic E-state index is 6.46. The van der Waals surface area contributed by atoms with Gasteiger partial charge in [0.2, 0.25) is 0 Å². The van der Waals surface area contributed by atoms with E-state index in [2.05, 4.69) is 27.7 Å². The predicted molar refractivity (Wildman–Crippen MR) is 130 cm³/mol. The molecule has 4 rings (SSSR count). The minimum atomic E-state index is -0.651. The summed E-state index contributed by atoms with van der Waals surface area (Å²) >= 11 is 0. The number of rotatable bonds is 6. The Morgan fingerprint density at radius 1 is 0.706 bits per heavy atom. The van der Waals surface area contributed by atoms with Crippen LogP contribution in [0.2, 0.25) is 0 Å². The van der Waals surface area contributed by atoms with E-state index in [1.165, 1.54) is 0 Å². The first-order chi connectivity index (χ1) is 15.5. The summed E-state index contributed by atoms with van der Waals surface area (Å²) in [6.07, 6.45) is 0. The van der Waals surface area contributed by atoms with Gasteiger partial charge < -0.3 is 18.9 Å². The fourth-order valence-corrected chi connectivity index (χ4v) is 4.55. The second kappa shape index (κ2) is 9.27. The molecule has 34 heavy (non-hydrogen) atoms. The second-order valence-electron chi connectivity index (χ2n) is 10.2. The summed E-state index contributed by atoms with van der Waals surface area (Å²) in [7, 11) is 3.36. The van der Waals surface area contributed by atoms with Gasteiger partial charge in [-0.2, -0.15) is 0 Å². The molecule has 0 saturated carbocycles. The molecule has 1 radical (unpaired) electrons. The molecule has 0 fully saturated rings. The Bertz CT molecular complexity index is 1020. The topological polar surface area (TPSA) is 61.6 Å². The van der Waals surface area contributed by atoms with Crippen LogP contribution >= 0.6 is 0 Å². The van der Waals surface area contributed by atoms with E-state index < -0.39 is 16.6 Å². The number of aliphatic imine (C=N–C) groups is 2. The molecule has 2 aromatic rings. The van der Waals surface area contributed by atoms with E-state index >= 15 is 0 Å². The van der Waals surface area contributed by atoms with Gasteiger partial charge in [-0.1, -0.05) is 36.4 Å². The average Bonchev–Trinajstić information content (AvgIpc) is 3.29. The Kier molecular flexibility index (Phi) is 7.12. The summed E-state index contributed by atoms with van der Waals surface area (Å²) in [5.74, 6) is 2.82. The third-order valence-corrected chi connectivity index (χ3v) is 6.47. The minimum absolute atomic E-state index is 0. The molecule has 0 bridgehead atoms. The zero-order chi connectivity index (χ0) is 24.0. The van der Waals surface area contributed by atoms with Gasteiger partial charge in [0.25, 0.3) is 0 Å². The Morgan fingerprint density at radius 3 is 1.41 bits per heavy atom. The molecule has 185 valence electrons. The predicted octanol–water partition coefficient (Wildman–Crippen LogP) is 5.92. The largest absolute Gasteiger partial charge is 2.00 e. The summed E-state index contributed by atoms with van der Waals surface area (Å²) in [5, 5.41) is 0. The number of nitrogens with zero attached hydrogens (tertiary/aromatic N) is 2. The molecule has 2 atom stereocenters. The minimum Gasteiger partial charge on any atom is -0.496 e. The zero-order valence-corrected chi connectivity index (χ0v) is 22.0. The van der Waals surface area contributed by atoms with E-state index in [4.69, 9.17) is 28.9 Å². The van der Waals surface area contributed by atoms with Crippen molar-refractivity contribution < 1.29 is 36.0 Å². The van der Waals surface area contributed by atoms with Gasteiger partial charge in [-0.15, -0.1) is 0 Å². The van der Waals surface area contributed by atoms with Crippen LogP contribution < -0.4 is 9.47 Å². The van der Waals surface area contributed by atoms with Gasteiger partial charge in [-0.3, -0.25) is 0 Å². The van der Waals surface area contributed by atoms with Crippen molar-refractivity contribution in [1.82, 2.24) is 0 Å². The molecule has 2 aliphatic heterocycles. The number of benzene rings is 2. The standard InChI is InChI=1S/C27H34N2O4.Cu/c1-25(2,23-28-21(26(3,4)32-23)17-13-9-11-15-19(17)30-7)24-29-22(27(5,6)33-24)18-14-10-12-16-20(18)31-8;/h9-16,21-22H,1-8H3;/q;+2. The average molecular weight is 514 g/mol. The summed E-state index contributed by atoms with van der Waals surface area (Å²) in [6.45, 7) is 12.3. The number of ether oxygens (including phenoxy) is 4. The third kappa shape index (κ3) is 4.44. The normalized spacial score (nSPS) is 22.6. The molecule has 2 unspecified atom stereocenters. The van der Waals surface area contributed by atoms with Crippen LogP contribution in [-0.2, 0) is 26.5 Å². The molecular weight excluding hydrogens is 480 g/mol. The SMILES string of the molecule is COc1ccccc1C1N=C(C(C)(C)C2=NC(c3ccccc3OC)C(C)(C)O2)OC1(C)C.[Cu+2]. The Morgan fingerprint density at radius 2 is 1.06 bits per heavy atom. The molecule has 0 aromatic heterocycles. The van der Waals surface area contributed by atoms with Gasteiger partial charge in [0.15, 0.2) is 11.8 Å². The van der Waals surface area contributed by atoms with E-state index in [0.717, 1.165) is 22.6 Å². The quantitative estimate of drug-likeness (QED) is 0.449. The van der Waals surface area contributed by atoms with Crippen LogP contribution in [0.1, 0.15) is 64.8 Å². The van der Waals surface area contributed by atoms with E-state index in [1.807, 2.05) is 62.4 Å². The number of hydrogen-bond acceptors (Lipinski definition) is 6. The van der Waals surface area contributed by atoms with Crippen molar-refractivity contribution >= 4 is 11.8 Å². The third-order valence-electron chi connectivity index (χ3n) is 6.47.